The van der Waals surface area contributed by atoms with E-state index in [-0.39, 0.29) is 36.2 Å². The highest BCUT2D eigenvalue weighted by Gasteiger charge is 2.50. The van der Waals surface area contributed by atoms with Crippen molar-refractivity contribution in [3.8, 4) is 0 Å². The molecule has 2 amide bonds. The third kappa shape index (κ3) is 5.11. The monoisotopic (exact) mass is 431 g/mol. The number of amides is 2. The summed E-state index contributed by atoms with van der Waals surface area (Å²) in [6.07, 6.45) is 5.06. The lowest BCUT2D eigenvalue weighted by molar-refractivity contribution is -0.155. The summed E-state index contributed by atoms with van der Waals surface area (Å²) in [7, 11) is 1.42. The number of nitrogens with zero attached hydrogens (tertiary/aromatic N) is 3. The molecule has 0 aromatic heterocycles. The third-order valence-corrected chi connectivity index (χ3v) is 5.73. The lowest BCUT2D eigenvalue weighted by atomic mass is 9.81. The number of allylic oxidation sites excluding steroid dienone is 1. The molecule has 0 radical (unpaired) electrons. The van der Waals surface area contributed by atoms with Crippen LogP contribution in [0.25, 0.3) is 0 Å². The first-order valence-electron chi connectivity index (χ1n) is 10.5. The Kier molecular flexibility index (Phi) is 7.07. The van der Waals surface area contributed by atoms with Crippen molar-refractivity contribution in [2.45, 2.75) is 44.8 Å². The quantitative estimate of drug-likeness (QED) is 0.346. The van der Waals surface area contributed by atoms with Gasteiger partial charge in [0.05, 0.1) is 24.5 Å². The Labute approximate surface area is 181 Å². The Hall–Kier alpha value is -2.78. The average Bonchev–Trinajstić information content (AvgIpc) is 2.75. The Bertz CT molecular complexity index is 889. The first kappa shape index (κ1) is 22.9. The first-order valence-corrected chi connectivity index (χ1v) is 10.5. The van der Waals surface area contributed by atoms with Crippen LogP contribution in [0.5, 0.6) is 0 Å². The van der Waals surface area contributed by atoms with E-state index in [9.17, 15) is 19.1 Å². The van der Waals surface area contributed by atoms with Crippen molar-refractivity contribution >= 4 is 23.7 Å². The number of hydrogen-bond acceptors (Lipinski definition) is 6. The van der Waals surface area contributed by atoms with Gasteiger partial charge in [0.1, 0.15) is 11.4 Å². The van der Waals surface area contributed by atoms with Crippen molar-refractivity contribution in [1.29, 1.82) is 0 Å². The van der Waals surface area contributed by atoms with Crippen molar-refractivity contribution in [2.24, 2.45) is 5.10 Å². The van der Waals surface area contributed by atoms with E-state index in [1.807, 2.05) is 0 Å². The number of carbonyl (C=O) groups is 2. The van der Waals surface area contributed by atoms with Crippen LogP contribution in [0.4, 0.5) is 10.1 Å². The zero-order chi connectivity index (χ0) is 22.6. The zero-order valence-corrected chi connectivity index (χ0v) is 18.2. The number of β-amino-alcohol motifs (C(OH)–C–C–N with tert-alkyl or cyclic N) is 1. The van der Waals surface area contributed by atoms with Crippen LogP contribution in [0.1, 0.15) is 31.7 Å². The molecular formula is C22H30FN5O3. The SMILES string of the molecule is C/C=C(Nc1ccc(C)cc1F)\C(=N/N(C)C=O)C(=O)N1CC(O)(C2CCCCN2)C1. The molecule has 0 saturated carbocycles. The number of aliphatic hydroxyl groups is 1. The van der Waals surface area contributed by atoms with Crippen LogP contribution in [0.15, 0.2) is 35.1 Å². The van der Waals surface area contributed by atoms with Gasteiger partial charge in [-0.15, -0.1) is 0 Å². The minimum atomic E-state index is -0.982. The van der Waals surface area contributed by atoms with E-state index in [1.54, 1.807) is 32.1 Å². The molecule has 0 aliphatic carbocycles. The van der Waals surface area contributed by atoms with Crippen molar-refractivity contribution in [3.63, 3.8) is 0 Å². The maximum absolute atomic E-state index is 14.4. The highest BCUT2D eigenvalue weighted by molar-refractivity contribution is 6.46. The van der Waals surface area contributed by atoms with E-state index in [0.717, 1.165) is 36.4 Å². The molecule has 0 spiro atoms. The van der Waals surface area contributed by atoms with Gasteiger partial charge in [0, 0.05) is 13.1 Å². The largest absolute Gasteiger partial charge is 0.385 e. The van der Waals surface area contributed by atoms with Gasteiger partial charge < -0.3 is 20.6 Å². The molecule has 0 bridgehead atoms. The molecule has 2 aliphatic rings. The predicted molar refractivity (Wildman–Crippen MR) is 117 cm³/mol. The van der Waals surface area contributed by atoms with Gasteiger partial charge in [0.25, 0.3) is 5.91 Å². The number of hydrogen-bond donors (Lipinski definition) is 3. The van der Waals surface area contributed by atoms with Crippen molar-refractivity contribution in [2.75, 3.05) is 32.0 Å². The smallest absolute Gasteiger partial charge is 0.276 e. The zero-order valence-electron chi connectivity index (χ0n) is 18.2. The molecule has 1 atom stereocenters. The molecule has 31 heavy (non-hydrogen) atoms. The molecule has 2 heterocycles. The Balaban J connectivity index is 1.79. The van der Waals surface area contributed by atoms with Crippen molar-refractivity contribution < 1.29 is 19.1 Å². The summed E-state index contributed by atoms with van der Waals surface area (Å²) in [5, 5.41) is 22.3. The van der Waals surface area contributed by atoms with Gasteiger partial charge in [-0.1, -0.05) is 18.6 Å². The fourth-order valence-electron chi connectivity index (χ4n) is 3.97. The van der Waals surface area contributed by atoms with E-state index in [2.05, 4.69) is 15.7 Å². The second-order valence-electron chi connectivity index (χ2n) is 8.21. The Morgan fingerprint density at radius 3 is 2.74 bits per heavy atom. The molecule has 168 valence electrons. The van der Waals surface area contributed by atoms with E-state index < -0.39 is 17.3 Å². The number of likely N-dealkylation sites (tertiary alicyclic amines) is 1. The van der Waals surface area contributed by atoms with Crippen molar-refractivity contribution in [3.05, 3.63) is 41.4 Å². The standard InChI is InChI=1S/C22H30FN5O3/c1-4-17(25-18-9-8-15(2)11-16(18)23)20(26-27(3)14-29)21(30)28-12-22(31,13-28)19-7-5-6-10-24-19/h4,8-9,11,14,19,24-25,31H,5-7,10,12-13H2,1-3H3/b17-4+,26-20+. The van der Waals surface area contributed by atoms with Gasteiger partial charge in [-0.05, 0) is 50.9 Å². The number of halogens is 1. The van der Waals surface area contributed by atoms with Gasteiger partial charge in [-0.3, -0.25) is 9.59 Å². The molecule has 8 nitrogen and oxygen atoms in total. The van der Waals surface area contributed by atoms with Crippen LogP contribution >= 0.6 is 0 Å². The summed E-state index contributed by atoms with van der Waals surface area (Å²) in [4.78, 5) is 25.8. The maximum Gasteiger partial charge on any atom is 0.276 e. The number of aryl methyl sites for hydroxylation is 1. The van der Waals surface area contributed by atoms with E-state index >= 15 is 0 Å². The fraction of sp³-hybridized carbons (Fsp3) is 0.500. The molecule has 3 N–H and O–H groups in total. The lowest BCUT2D eigenvalue weighted by Crippen LogP contribution is -2.72. The average molecular weight is 432 g/mol. The summed E-state index contributed by atoms with van der Waals surface area (Å²) >= 11 is 0. The molecule has 9 heteroatoms. The van der Waals surface area contributed by atoms with Gasteiger partial charge in [-0.25, -0.2) is 9.40 Å². The number of hydrazone groups is 1. The number of benzene rings is 1. The number of carbonyl (C=O) groups excluding carboxylic acids is 2. The summed E-state index contributed by atoms with van der Waals surface area (Å²) in [6.45, 7) is 4.67. The molecule has 3 rings (SSSR count). The van der Waals surface area contributed by atoms with E-state index in [4.69, 9.17) is 0 Å². The second-order valence-corrected chi connectivity index (χ2v) is 8.21. The second kappa shape index (κ2) is 9.57. The fourth-order valence-corrected chi connectivity index (χ4v) is 3.97. The normalized spacial score (nSPS) is 21.3. The molecule has 1 aromatic rings. The number of rotatable bonds is 7. The third-order valence-electron chi connectivity index (χ3n) is 5.73. The maximum atomic E-state index is 14.4. The van der Waals surface area contributed by atoms with Crippen LogP contribution in [0, 0.1) is 12.7 Å². The van der Waals surface area contributed by atoms with Crippen LogP contribution < -0.4 is 10.6 Å². The Morgan fingerprint density at radius 1 is 1.42 bits per heavy atom. The highest BCUT2D eigenvalue weighted by Crippen LogP contribution is 2.30. The van der Waals surface area contributed by atoms with Crippen LogP contribution in [0.3, 0.4) is 0 Å². The minimum absolute atomic E-state index is 0.0317. The van der Waals surface area contributed by atoms with Crippen molar-refractivity contribution in [1.82, 2.24) is 15.2 Å². The summed E-state index contributed by atoms with van der Waals surface area (Å²) in [5.41, 5.74) is 0.222. The topological polar surface area (TPSA) is 97.3 Å². The van der Waals surface area contributed by atoms with Gasteiger partial charge >= 0.3 is 0 Å². The molecule has 1 unspecified atom stereocenters. The summed E-state index contributed by atoms with van der Waals surface area (Å²) in [6, 6.07) is 4.67. The highest BCUT2D eigenvalue weighted by atomic mass is 19.1. The van der Waals surface area contributed by atoms with E-state index in [0.29, 0.717) is 6.41 Å². The number of piperidine rings is 1. The molecule has 1 aromatic carbocycles. The van der Waals surface area contributed by atoms with Gasteiger partial charge in [0.2, 0.25) is 6.41 Å². The van der Waals surface area contributed by atoms with Gasteiger partial charge in [0.15, 0.2) is 5.71 Å². The number of nitrogens with one attached hydrogen (secondary N) is 2. The number of anilines is 1. The predicted octanol–water partition coefficient (Wildman–Crippen LogP) is 1.61. The van der Waals surface area contributed by atoms with Gasteiger partial charge in [-0.2, -0.15) is 5.10 Å². The summed E-state index contributed by atoms with van der Waals surface area (Å²) < 4.78 is 14.4. The van der Waals surface area contributed by atoms with Crippen LogP contribution in [-0.2, 0) is 9.59 Å². The van der Waals surface area contributed by atoms with Crippen LogP contribution in [-0.4, -0.2) is 71.4 Å². The van der Waals surface area contributed by atoms with Crippen LogP contribution in [0.2, 0.25) is 0 Å². The van der Waals surface area contributed by atoms with E-state index in [1.165, 1.54) is 18.0 Å². The molecule has 2 fully saturated rings. The molecule has 2 saturated heterocycles. The lowest BCUT2D eigenvalue weighted by Gasteiger charge is -2.51. The Morgan fingerprint density at radius 2 is 2.16 bits per heavy atom. The summed E-state index contributed by atoms with van der Waals surface area (Å²) in [5.74, 6) is -0.904. The molecule has 2 aliphatic heterocycles. The minimum Gasteiger partial charge on any atom is -0.385 e. The molecular weight excluding hydrogens is 401 g/mol. The first-order chi connectivity index (χ1) is 14.8.